The molecule has 1 aliphatic heterocycles. The number of fused-ring (bicyclic) bond motifs is 1. The highest BCUT2D eigenvalue weighted by molar-refractivity contribution is 5.83. The first kappa shape index (κ1) is 15.3. The predicted molar refractivity (Wildman–Crippen MR) is 100 cm³/mol. The quantitative estimate of drug-likeness (QED) is 0.517. The SMILES string of the molecule is C(=N\N(c1ccccc1)c1ccccc1)/c1ccc2c(c1)OCCO2. The summed E-state index contributed by atoms with van der Waals surface area (Å²) in [6.45, 7) is 1.17. The van der Waals surface area contributed by atoms with Crippen LogP contribution in [0.2, 0.25) is 0 Å². The molecule has 3 aromatic rings. The van der Waals surface area contributed by atoms with Gasteiger partial charge >= 0.3 is 0 Å². The Morgan fingerprint density at radius 3 is 1.96 bits per heavy atom. The molecule has 4 nitrogen and oxygen atoms in total. The van der Waals surface area contributed by atoms with E-state index in [4.69, 9.17) is 14.6 Å². The van der Waals surface area contributed by atoms with Crippen molar-refractivity contribution in [2.24, 2.45) is 5.10 Å². The zero-order chi connectivity index (χ0) is 16.9. The number of para-hydroxylation sites is 2. The van der Waals surface area contributed by atoms with Crippen LogP contribution >= 0.6 is 0 Å². The summed E-state index contributed by atoms with van der Waals surface area (Å²) >= 11 is 0. The molecule has 0 radical (unpaired) electrons. The molecule has 1 heterocycles. The lowest BCUT2D eigenvalue weighted by Crippen LogP contribution is -2.15. The Balaban J connectivity index is 1.66. The third-order valence-electron chi connectivity index (χ3n) is 3.89. The molecular weight excluding hydrogens is 312 g/mol. The Labute approximate surface area is 146 Å². The van der Waals surface area contributed by atoms with E-state index in [2.05, 4.69) is 0 Å². The molecule has 1 aliphatic rings. The fourth-order valence-electron chi connectivity index (χ4n) is 2.69. The topological polar surface area (TPSA) is 34.1 Å². The Bertz CT molecular complexity index is 824. The van der Waals surface area contributed by atoms with E-state index in [0.29, 0.717) is 13.2 Å². The van der Waals surface area contributed by atoms with Crippen LogP contribution in [0.5, 0.6) is 11.5 Å². The van der Waals surface area contributed by atoms with E-state index in [-0.39, 0.29) is 0 Å². The first-order chi connectivity index (χ1) is 12.4. The normalized spacial score (nSPS) is 13.0. The molecule has 0 amide bonds. The van der Waals surface area contributed by atoms with Crippen LogP contribution in [0, 0.1) is 0 Å². The van der Waals surface area contributed by atoms with Crippen molar-refractivity contribution in [1.82, 2.24) is 0 Å². The van der Waals surface area contributed by atoms with E-state index in [1.807, 2.05) is 90.1 Å². The molecule has 0 saturated heterocycles. The van der Waals surface area contributed by atoms with Gasteiger partial charge in [-0.3, -0.25) is 0 Å². The highest BCUT2D eigenvalue weighted by Crippen LogP contribution is 2.30. The van der Waals surface area contributed by atoms with E-state index >= 15 is 0 Å². The molecule has 0 spiro atoms. The van der Waals surface area contributed by atoms with E-state index in [0.717, 1.165) is 28.4 Å². The fourth-order valence-corrected chi connectivity index (χ4v) is 2.69. The van der Waals surface area contributed by atoms with Gasteiger partial charge in [-0.25, -0.2) is 5.01 Å². The Kier molecular flexibility index (Phi) is 4.33. The maximum Gasteiger partial charge on any atom is 0.162 e. The largest absolute Gasteiger partial charge is 0.486 e. The molecule has 0 aromatic heterocycles. The number of hydrazone groups is 1. The first-order valence-corrected chi connectivity index (χ1v) is 8.24. The summed E-state index contributed by atoms with van der Waals surface area (Å²) in [5, 5.41) is 6.61. The number of hydrogen-bond donors (Lipinski definition) is 0. The van der Waals surface area contributed by atoms with Gasteiger partial charge in [-0.05, 0) is 48.0 Å². The maximum absolute atomic E-state index is 5.64. The van der Waals surface area contributed by atoms with Crippen molar-refractivity contribution in [3.05, 3.63) is 84.4 Å². The fraction of sp³-hybridized carbons (Fsp3) is 0.0952. The van der Waals surface area contributed by atoms with Crippen molar-refractivity contribution >= 4 is 17.6 Å². The zero-order valence-corrected chi connectivity index (χ0v) is 13.7. The van der Waals surface area contributed by atoms with Gasteiger partial charge in [-0.2, -0.15) is 5.10 Å². The van der Waals surface area contributed by atoms with Gasteiger partial charge in [0, 0.05) is 0 Å². The van der Waals surface area contributed by atoms with Gasteiger partial charge in [-0.15, -0.1) is 0 Å². The molecule has 4 heteroatoms. The van der Waals surface area contributed by atoms with Crippen LogP contribution in [0.15, 0.2) is 84.0 Å². The monoisotopic (exact) mass is 330 g/mol. The molecule has 124 valence electrons. The number of hydrogen-bond acceptors (Lipinski definition) is 4. The number of ether oxygens (including phenoxy) is 2. The van der Waals surface area contributed by atoms with Gasteiger partial charge in [0.05, 0.1) is 17.6 Å². The van der Waals surface area contributed by atoms with E-state index in [9.17, 15) is 0 Å². The van der Waals surface area contributed by atoms with Crippen LogP contribution in [0.1, 0.15) is 5.56 Å². The third kappa shape index (κ3) is 3.48. The lowest BCUT2D eigenvalue weighted by atomic mass is 10.2. The molecule has 0 atom stereocenters. The van der Waals surface area contributed by atoms with Crippen molar-refractivity contribution in [3.8, 4) is 11.5 Å². The van der Waals surface area contributed by atoms with Gasteiger partial charge < -0.3 is 9.47 Å². The second-order valence-electron chi connectivity index (χ2n) is 5.63. The molecule has 0 N–H and O–H groups in total. The number of benzene rings is 3. The number of anilines is 2. The summed E-state index contributed by atoms with van der Waals surface area (Å²) in [5.74, 6) is 1.55. The molecule has 0 saturated carbocycles. The van der Waals surface area contributed by atoms with Crippen LogP contribution in [-0.4, -0.2) is 19.4 Å². The van der Waals surface area contributed by atoms with Gasteiger partial charge in [-0.1, -0.05) is 36.4 Å². The minimum absolute atomic E-state index is 0.577. The van der Waals surface area contributed by atoms with Crippen LogP contribution in [0.25, 0.3) is 0 Å². The van der Waals surface area contributed by atoms with E-state index in [1.165, 1.54) is 0 Å². The molecule has 0 fully saturated rings. The van der Waals surface area contributed by atoms with Crippen molar-refractivity contribution < 1.29 is 9.47 Å². The van der Waals surface area contributed by atoms with Crippen LogP contribution in [0.3, 0.4) is 0 Å². The van der Waals surface area contributed by atoms with Crippen LogP contribution in [-0.2, 0) is 0 Å². The van der Waals surface area contributed by atoms with Gasteiger partial charge in [0.15, 0.2) is 11.5 Å². The molecule has 0 aliphatic carbocycles. The highest BCUT2D eigenvalue weighted by Gasteiger charge is 2.11. The summed E-state index contributed by atoms with van der Waals surface area (Å²) in [5.41, 5.74) is 2.96. The zero-order valence-electron chi connectivity index (χ0n) is 13.7. The summed E-state index contributed by atoms with van der Waals surface area (Å²) in [6, 6.07) is 26.0. The predicted octanol–water partition coefficient (Wildman–Crippen LogP) is 4.63. The van der Waals surface area contributed by atoms with Gasteiger partial charge in [0.1, 0.15) is 13.2 Å². The summed E-state index contributed by atoms with van der Waals surface area (Å²) < 4.78 is 11.2. The number of nitrogens with zero attached hydrogens (tertiary/aromatic N) is 2. The summed E-state index contributed by atoms with van der Waals surface area (Å²) in [7, 11) is 0. The molecule has 0 bridgehead atoms. The second kappa shape index (κ2) is 7.09. The molecule has 25 heavy (non-hydrogen) atoms. The Morgan fingerprint density at radius 2 is 1.32 bits per heavy atom. The lowest BCUT2D eigenvalue weighted by Gasteiger charge is -2.20. The highest BCUT2D eigenvalue weighted by atomic mass is 16.6. The minimum atomic E-state index is 0.577. The summed E-state index contributed by atoms with van der Waals surface area (Å²) in [6.07, 6.45) is 1.83. The van der Waals surface area contributed by atoms with Gasteiger partial charge in [0.2, 0.25) is 0 Å². The third-order valence-corrected chi connectivity index (χ3v) is 3.89. The molecule has 4 rings (SSSR count). The molecule has 3 aromatic carbocycles. The molecule has 0 unspecified atom stereocenters. The average molecular weight is 330 g/mol. The second-order valence-corrected chi connectivity index (χ2v) is 5.63. The van der Waals surface area contributed by atoms with Crippen LogP contribution < -0.4 is 14.5 Å². The Hall–Kier alpha value is -3.27. The maximum atomic E-state index is 5.64. The van der Waals surface area contributed by atoms with Crippen molar-refractivity contribution in [3.63, 3.8) is 0 Å². The van der Waals surface area contributed by atoms with Crippen molar-refractivity contribution in [1.29, 1.82) is 0 Å². The standard InChI is InChI=1S/C21H18N2O2/c1-3-7-18(8-4-1)23(19-9-5-2-6-10-19)22-16-17-11-12-20-21(15-17)25-14-13-24-20/h1-12,15-16H,13-14H2/b22-16+. The number of rotatable bonds is 4. The van der Waals surface area contributed by atoms with Crippen molar-refractivity contribution in [2.75, 3.05) is 18.2 Å². The van der Waals surface area contributed by atoms with Crippen LogP contribution in [0.4, 0.5) is 11.4 Å². The van der Waals surface area contributed by atoms with Crippen molar-refractivity contribution in [2.45, 2.75) is 0 Å². The Morgan fingerprint density at radius 1 is 0.720 bits per heavy atom. The average Bonchev–Trinajstić information content (AvgIpc) is 2.70. The summed E-state index contributed by atoms with van der Waals surface area (Å²) in [4.78, 5) is 0. The lowest BCUT2D eigenvalue weighted by molar-refractivity contribution is 0.171. The molecular formula is C21H18N2O2. The minimum Gasteiger partial charge on any atom is -0.486 e. The van der Waals surface area contributed by atoms with E-state index < -0.39 is 0 Å². The van der Waals surface area contributed by atoms with Gasteiger partial charge in [0.25, 0.3) is 0 Å². The first-order valence-electron chi connectivity index (χ1n) is 8.24. The smallest absolute Gasteiger partial charge is 0.162 e. The van der Waals surface area contributed by atoms with E-state index in [1.54, 1.807) is 0 Å².